The predicted octanol–water partition coefficient (Wildman–Crippen LogP) is 5.58. The standard InChI is InChI=1S/C21H13BrO2/c22-19-9-5-14(6-10-19)11-18-13-20(24-21(18)23)17-8-7-15-3-1-2-4-16(15)12-17/h1-13H/b18-11-. The Morgan fingerprint density at radius 1 is 0.875 bits per heavy atom. The van der Waals surface area contributed by atoms with E-state index >= 15 is 0 Å². The highest BCUT2D eigenvalue weighted by Crippen LogP contribution is 2.29. The van der Waals surface area contributed by atoms with Gasteiger partial charge in [0.05, 0.1) is 5.57 Å². The maximum absolute atomic E-state index is 12.1. The number of hydrogen-bond acceptors (Lipinski definition) is 2. The summed E-state index contributed by atoms with van der Waals surface area (Å²) in [7, 11) is 0. The Labute approximate surface area is 148 Å². The average molecular weight is 377 g/mol. The van der Waals surface area contributed by atoms with Crippen molar-refractivity contribution in [3.63, 3.8) is 0 Å². The van der Waals surface area contributed by atoms with Crippen molar-refractivity contribution >= 4 is 44.5 Å². The van der Waals surface area contributed by atoms with E-state index in [9.17, 15) is 4.79 Å². The number of fused-ring (bicyclic) bond motifs is 1. The Morgan fingerprint density at radius 3 is 2.42 bits per heavy atom. The maximum atomic E-state index is 12.1. The van der Waals surface area contributed by atoms with Crippen LogP contribution in [-0.4, -0.2) is 5.97 Å². The van der Waals surface area contributed by atoms with Crippen LogP contribution >= 0.6 is 15.9 Å². The van der Waals surface area contributed by atoms with Gasteiger partial charge in [-0.25, -0.2) is 4.79 Å². The molecule has 0 bridgehead atoms. The number of rotatable bonds is 2. The fraction of sp³-hybridized carbons (Fsp3) is 0. The number of esters is 1. The Balaban J connectivity index is 1.70. The first kappa shape index (κ1) is 14.9. The van der Waals surface area contributed by atoms with Gasteiger partial charge in [-0.05, 0) is 46.7 Å². The monoisotopic (exact) mass is 376 g/mol. The number of cyclic esters (lactones) is 1. The first-order valence-corrected chi connectivity index (χ1v) is 8.39. The molecule has 3 aromatic carbocycles. The molecule has 1 aliphatic heterocycles. The van der Waals surface area contributed by atoms with Gasteiger partial charge in [-0.1, -0.05) is 64.5 Å². The van der Waals surface area contributed by atoms with Crippen molar-refractivity contribution in [2.24, 2.45) is 0 Å². The second-order valence-electron chi connectivity index (χ2n) is 5.61. The molecule has 0 aromatic heterocycles. The van der Waals surface area contributed by atoms with Gasteiger partial charge >= 0.3 is 5.97 Å². The average Bonchev–Trinajstić information content (AvgIpc) is 2.97. The highest BCUT2D eigenvalue weighted by atomic mass is 79.9. The van der Waals surface area contributed by atoms with Crippen molar-refractivity contribution in [2.75, 3.05) is 0 Å². The summed E-state index contributed by atoms with van der Waals surface area (Å²) in [4.78, 5) is 12.1. The molecule has 0 N–H and O–H groups in total. The first-order chi connectivity index (χ1) is 11.7. The molecular formula is C21H13BrO2. The molecule has 3 heteroatoms. The molecule has 0 unspecified atom stereocenters. The van der Waals surface area contributed by atoms with E-state index < -0.39 is 0 Å². The SMILES string of the molecule is O=C1OC(c2ccc3ccccc3c2)=C/C1=C/c1ccc(Br)cc1. The third-order valence-electron chi connectivity index (χ3n) is 3.95. The zero-order valence-electron chi connectivity index (χ0n) is 12.7. The fourth-order valence-corrected chi connectivity index (χ4v) is 2.98. The van der Waals surface area contributed by atoms with Crippen LogP contribution in [0.1, 0.15) is 11.1 Å². The molecule has 0 fully saturated rings. The first-order valence-electron chi connectivity index (χ1n) is 7.59. The van der Waals surface area contributed by atoms with Gasteiger partial charge in [0.1, 0.15) is 5.76 Å². The van der Waals surface area contributed by atoms with Gasteiger partial charge < -0.3 is 4.74 Å². The summed E-state index contributed by atoms with van der Waals surface area (Å²) < 4.78 is 6.46. The lowest BCUT2D eigenvalue weighted by Gasteiger charge is -2.04. The van der Waals surface area contributed by atoms with Gasteiger partial charge in [-0.3, -0.25) is 0 Å². The summed E-state index contributed by atoms with van der Waals surface area (Å²) in [5.74, 6) is 0.273. The van der Waals surface area contributed by atoms with Crippen molar-refractivity contribution < 1.29 is 9.53 Å². The topological polar surface area (TPSA) is 26.3 Å². The minimum Gasteiger partial charge on any atom is -0.422 e. The molecule has 1 heterocycles. The van der Waals surface area contributed by atoms with Crippen molar-refractivity contribution in [1.82, 2.24) is 0 Å². The molecule has 24 heavy (non-hydrogen) atoms. The van der Waals surface area contributed by atoms with Crippen LogP contribution in [0.15, 0.2) is 82.9 Å². The van der Waals surface area contributed by atoms with Crippen molar-refractivity contribution in [1.29, 1.82) is 0 Å². The molecule has 4 rings (SSSR count). The minimum atomic E-state index is -0.318. The van der Waals surface area contributed by atoms with Gasteiger partial charge in [-0.2, -0.15) is 0 Å². The number of ether oxygens (including phenoxy) is 1. The summed E-state index contributed by atoms with van der Waals surface area (Å²) in [5.41, 5.74) is 2.42. The summed E-state index contributed by atoms with van der Waals surface area (Å²) >= 11 is 3.41. The van der Waals surface area contributed by atoms with Gasteiger partial charge in [0.2, 0.25) is 0 Å². The van der Waals surface area contributed by atoms with E-state index in [1.165, 1.54) is 0 Å². The summed E-state index contributed by atoms with van der Waals surface area (Å²) in [6.07, 6.45) is 3.64. The lowest BCUT2D eigenvalue weighted by Crippen LogP contribution is -1.97. The lowest BCUT2D eigenvalue weighted by atomic mass is 10.1. The number of carbonyl (C=O) groups is 1. The van der Waals surface area contributed by atoms with E-state index in [2.05, 4.69) is 28.1 Å². The summed E-state index contributed by atoms with van der Waals surface area (Å²) in [6.45, 7) is 0. The molecule has 0 saturated carbocycles. The van der Waals surface area contributed by atoms with E-state index in [1.807, 2.05) is 60.7 Å². The van der Waals surface area contributed by atoms with Crippen LogP contribution < -0.4 is 0 Å². The molecule has 0 radical (unpaired) electrons. The maximum Gasteiger partial charge on any atom is 0.343 e. The molecule has 2 nitrogen and oxygen atoms in total. The third-order valence-corrected chi connectivity index (χ3v) is 4.48. The lowest BCUT2D eigenvalue weighted by molar-refractivity contribution is -0.130. The molecule has 0 aliphatic carbocycles. The number of carbonyl (C=O) groups excluding carboxylic acids is 1. The van der Waals surface area contributed by atoms with Crippen molar-refractivity contribution in [2.45, 2.75) is 0 Å². The van der Waals surface area contributed by atoms with E-state index in [0.29, 0.717) is 11.3 Å². The second kappa shape index (κ2) is 6.10. The van der Waals surface area contributed by atoms with Crippen LogP contribution in [0.25, 0.3) is 22.6 Å². The molecule has 0 atom stereocenters. The Morgan fingerprint density at radius 2 is 1.62 bits per heavy atom. The number of benzene rings is 3. The number of hydrogen-bond donors (Lipinski definition) is 0. The third kappa shape index (κ3) is 2.91. The van der Waals surface area contributed by atoms with Crippen molar-refractivity contribution in [3.8, 4) is 0 Å². The fourth-order valence-electron chi connectivity index (χ4n) is 2.71. The quantitative estimate of drug-likeness (QED) is 0.430. The predicted molar refractivity (Wildman–Crippen MR) is 100 cm³/mol. The minimum absolute atomic E-state index is 0.318. The van der Waals surface area contributed by atoms with Crippen LogP contribution in [0.5, 0.6) is 0 Å². The Bertz CT molecular complexity index is 998. The highest BCUT2D eigenvalue weighted by Gasteiger charge is 2.22. The van der Waals surface area contributed by atoms with Gasteiger partial charge in [0.15, 0.2) is 0 Å². The highest BCUT2D eigenvalue weighted by molar-refractivity contribution is 9.10. The molecule has 3 aromatic rings. The van der Waals surface area contributed by atoms with Crippen molar-refractivity contribution in [3.05, 3.63) is 94.0 Å². The second-order valence-corrected chi connectivity index (χ2v) is 6.53. The molecular weight excluding hydrogens is 364 g/mol. The van der Waals surface area contributed by atoms with E-state index in [0.717, 1.165) is 26.4 Å². The van der Waals surface area contributed by atoms with Gasteiger partial charge in [0, 0.05) is 10.0 Å². The summed E-state index contributed by atoms with van der Waals surface area (Å²) in [5, 5.41) is 2.29. The molecule has 0 amide bonds. The Kier molecular flexibility index (Phi) is 3.79. The number of halogens is 1. The Hall–Kier alpha value is -2.65. The zero-order chi connectivity index (χ0) is 16.5. The largest absolute Gasteiger partial charge is 0.422 e. The molecule has 116 valence electrons. The van der Waals surface area contributed by atoms with E-state index in [4.69, 9.17) is 4.74 Å². The van der Waals surface area contributed by atoms with Crippen LogP contribution in [0.4, 0.5) is 0 Å². The molecule has 0 spiro atoms. The summed E-state index contributed by atoms with van der Waals surface area (Å²) in [6, 6.07) is 22.0. The van der Waals surface area contributed by atoms with Crippen LogP contribution in [0, 0.1) is 0 Å². The van der Waals surface area contributed by atoms with Crippen LogP contribution in [-0.2, 0) is 9.53 Å². The van der Waals surface area contributed by atoms with Gasteiger partial charge in [-0.15, -0.1) is 0 Å². The zero-order valence-corrected chi connectivity index (χ0v) is 14.3. The molecule has 0 saturated heterocycles. The van der Waals surface area contributed by atoms with Gasteiger partial charge in [0.25, 0.3) is 0 Å². The van der Waals surface area contributed by atoms with Crippen LogP contribution in [0.2, 0.25) is 0 Å². The van der Waals surface area contributed by atoms with E-state index in [-0.39, 0.29) is 5.97 Å². The smallest absolute Gasteiger partial charge is 0.343 e. The van der Waals surface area contributed by atoms with E-state index in [1.54, 1.807) is 6.08 Å². The normalized spacial score (nSPS) is 15.6. The van der Waals surface area contributed by atoms with Crippen LogP contribution in [0.3, 0.4) is 0 Å². The molecule has 1 aliphatic rings.